The lowest BCUT2D eigenvalue weighted by Gasteiger charge is -2.28. The third-order valence-corrected chi connectivity index (χ3v) is 6.03. The second-order valence-electron chi connectivity index (χ2n) is 8.97. The normalized spacial score (nSPS) is 13.6. The van der Waals surface area contributed by atoms with Gasteiger partial charge in [-0.25, -0.2) is 19.2 Å². The van der Waals surface area contributed by atoms with Gasteiger partial charge in [0.05, 0.1) is 11.1 Å². The molecule has 0 fully saturated rings. The lowest BCUT2D eigenvalue weighted by molar-refractivity contribution is -0.157. The van der Waals surface area contributed by atoms with Crippen LogP contribution in [0.1, 0.15) is 13.8 Å². The van der Waals surface area contributed by atoms with Crippen LogP contribution in [-0.4, -0.2) is 62.5 Å². The molecule has 10 nitrogen and oxygen atoms in total. The summed E-state index contributed by atoms with van der Waals surface area (Å²) in [6, 6.07) is 17.6. The van der Waals surface area contributed by atoms with E-state index in [9.17, 15) is 19.2 Å². The zero-order chi connectivity index (χ0) is 30.5. The summed E-state index contributed by atoms with van der Waals surface area (Å²) in [5.41, 5.74) is 1.10. The quantitative estimate of drug-likeness (QED) is 0.164. The molecule has 0 saturated carbocycles. The highest BCUT2D eigenvalue weighted by Gasteiger charge is 2.37. The van der Waals surface area contributed by atoms with E-state index in [0.717, 1.165) is 12.2 Å². The van der Waals surface area contributed by atoms with Gasteiger partial charge in [0.2, 0.25) is 0 Å². The van der Waals surface area contributed by atoms with Crippen molar-refractivity contribution in [2.45, 2.75) is 26.1 Å². The van der Waals surface area contributed by atoms with E-state index >= 15 is 0 Å². The topological polar surface area (TPSA) is 124 Å². The van der Waals surface area contributed by atoms with Gasteiger partial charge in [0.1, 0.15) is 37.9 Å². The molecule has 0 N–H and O–H groups in total. The highest BCUT2D eigenvalue weighted by atomic mass is 16.6. The number of rotatable bonds is 16. The van der Waals surface area contributed by atoms with Crippen LogP contribution >= 0.6 is 0 Å². The molecule has 3 rings (SSSR count). The van der Waals surface area contributed by atoms with Crippen molar-refractivity contribution in [1.82, 2.24) is 0 Å². The highest BCUT2D eigenvalue weighted by Crippen LogP contribution is 2.37. The van der Waals surface area contributed by atoms with Crippen LogP contribution in [-0.2, 0) is 38.1 Å². The maximum atomic E-state index is 13.2. The number of para-hydroxylation sites is 2. The average Bonchev–Trinajstić information content (AvgIpc) is 3.02. The summed E-state index contributed by atoms with van der Waals surface area (Å²) in [5, 5.41) is 0. The second-order valence-corrected chi connectivity index (χ2v) is 8.97. The minimum absolute atomic E-state index is 0.0167. The van der Waals surface area contributed by atoms with Gasteiger partial charge in [0.25, 0.3) is 0 Å². The van der Waals surface area contributed by atoms with Crippen molar-refractivity contribution >= 4 is 23.9 Å². The molecule has 2 unspecified atom stereocenters. The Labute approximate surface area is 243 Å². The van der Waals surface area contributed by atoms with E-state index in [1.165, 1.54) is 0 Å². The predicted molar refractivity (Wildman–Crippen MR) is 151 cm³/mol. The Morgan fingerprint density at radius 3 is 1.31 bits per heavy atom. The molecule has 2 atom stereocenters. The fourth-order valence-electron chi connectivity index (χ4n) is 3.73. The molecule has 0 heterocycles. The van der Waals surface area contributed by atoms with Gasteiger partial charge in [0.15, 0.2) is 12.2 Å². The molecular formula is C32H32O10. The van der Waals surface area contributed by atoms with E-state index in [4.69, 9.17) is 28.4 Å². The summed E-state index contributed by atoms with van der Waals surface area (Å²) in [5.74, 6) is -2.00. The van der Waals surface area contributed by atoms with E-state index in [1.807, 2.05) is 12.1 Å². The number of benzene rings is 2. The number of carbonyl (C=O) groups is 4. The molecule has 1 aliphatic carbocycles. The van der Waals surface area contributed by atoms with Crippen LogP contribution in [0.5, 0.6) is 11.5 Å². The van der Waals surface area contributed by atoms with E-state index < -0.39 is 36.1 Å². The Hall–Kier alpha value is -5.12. The molecule has 1 aliphatic rings. The minimum Gasteiger partial charge on any atom is -0.490 e. The monoisotopic (exact) mass is 576 g/mol. The van der Waals surface area contributed by atoms with Crippen LogP contribution in [0.2, 0.25) is 0 Å². The second kappa shape index (κ2) is 15.6. The van der Waals surface area contributed by atoms with E-state index in [1.54, 1.807) is 62.4 Å². The molecule has 2 aromatic carbocycles. The molecule has 0 saturated heterocycles. The molecule has 0 amide bonds. The summed E-state index contributed by atoms with van der Waals surface area (Å²) in [6.07, 6.45) is -0.0177. The van der Waals surface area contributed by atoms with Gasteiger partial charge in [-0.05, 0) is 49.3 Å². The molecular weight excluding hydrogens is 544 g/mol. The molecule has 2 aromatic rings. The molecule has 0 radical (unpaired) electrons. The van der Waals surface area contributed by atoms with Crippen molar-refractivity contribution < 1.29 is 47.6 Å². The third kappa shape index (κ3) is 8.95. The lowest BCUT2D eigenvalue weighted by atomic mass is 9.82. The maximum absolute atomic E-state index is 13.2. The van der Waals surface area contributed by atoms with Crippen LogP contribution in [0, 0.1) is 0 Å². The van der Waals surface area contributed by atoms with Gasteiger partial charge in [-0.3, -0.25) is 0 Å². The SMILES string of the molecule is C=CC(=O)OCC(COc1ccccc1)OC(=O)C1=C(C(=O)OC(COC(=O)C=C)COc2ccccc2)C(C)=C1C. The molecule has 0 bridgehead atoms. The summed E-state index contributed by atoms with van der Waals surface area (Å²) < 4.78 is 32.7. The van der Waals surface area contributed by atoms with Gasteiger partial charge in [0, 0.05) is 12.2 Å². The molecule has 42 heavy (non-hydrogen) atoms. The van der Waals surface area contributed by atoms with Gasteiger partial charge in [-0.1, -0.05) is 49.6 Å². The van der Waals surface area contributed by atoms with Crippen molar-refractivity contribution in [3.8, 4) is 11.5 Å². The Bertz CT molecular complexity index is 1250. The fraction of sp³-hybridized carbons (Fsp3) is 0.250. The average molecular weight is 577 g/mol. The van der Waals surface area contributed by atoms with Gasteiger partial charge in [-0.15, -0.1) is 0 Å². The number of hydrogen-bond donors (Lipinski definition) is 0. The predicted octanol–water partition coefficient (Wildman–Crippen LogP) is 4.07. The van der Waals surface area contributed by atoms with Crippen LogP contribution in [0.4, 0.5) is 0 Å². The number of hydrogen-bond acceptors (Lipinski definition) is 10. The Morgan fingerprint density at radius 1 is 0.619 bits per heavy atom. The first kappa shape index (κ1) is 31.4. The number of carbonyl (C=O) groups excluding carboxylic acids is 4. The molecule has 0 spiro atoms. The number of esters is 4. The smallest absolute Gasteiger partial charge is 0.339 e. The van der Waals surface area contributed by atoms with Crippen molar-refractivity contribution in [2.75, 3.05) is 26.4 Å². The van der Waals surface area contributed by atoms with Crippen molar-refractivity contribution in [1.29, 1.82) is 0 Å². The summed E-state index contributed by atoms with van der Waals surface area (Å²) >= 11 is 0. The zero-order valence-electron chi connectivity index (χ0n) is 23.4. The van der Waals surface area contributed by atoms with Crippen molar-refractivity contribution in [3.63, 3.8) is 0 Å². The maximum Gasteiger partial charge on any atom is 0.339 e. The van der Waals surface area contributed by atoms with Crippen LogP contribution in [0.25, 0.3) is 0 Å². The largest absolute Gasteiger partial charge is 0.490 e. The Kier molecular flexibility index (Phi) is 11.7. The third-order valence-electron chi connectivity index (χ3n) is 6.03. The first-order valence-electron chi connectivity index (χ1n) is 13.0. The molecule has 10 heteroatoms. The van der Waals surface area contributed by atoms with E-state index in [-0.39, 0.29) is 37.6 Å². The first-order chi connectivity index (χ1) is 20.2. The van der Waals surface area contributed by atoms with Gasteiger partial charge < -0.3 is 28.4 Å². The standard InChI is InChI=1S/C32H32O10/c1-5-27(33)39-19-25(17-37-23-13-9-7-10-14-23)41-31(35)29-21(3)22(4)30(29)32(36)42-26(20-40-28(34)6-2)18-38-24-15-11-8-12-16-24/h5-16,25-26H,1-2,17-20H2,3-4H3. The molecule has 0 aliphatic heterocycles. The summed E-state index contributed by atoms with van der Waals surface area (Å²) in [6.45, 7) is 9.19. The first-order valence-corrected chi connectivity index (χ1v) is 13.0. The fourth-order valence-corrected chi connectivity index (χ4v) is 3.73. The van der Waals surface area contributed by atoms with Crippen LogP contribution in [0.15, 0.2) is 108 Å². The molecule has 220 valence electrons. The number of ether oxygens (including phenoxy) is 6. The van der Waals surface area contributed by atoms with Crippen molar-refractivity contribution in [3.05, 3.63) is 108 Å². The molecule has 0 aromatic heterocycles. The summed E-state index contributed by atoms with van der Waals surface area (Å²) in [7, 11) is 0. The summed E-state index contributed by atoms with van der Waals surface area (Å²) in [4.78, 5) is 49.7. The minimum atomic E-state index is -0.995. The van der Waals surface area contributed by atoms with Crippen LogP contribution in [0.3, 0.4) is 0 Å². The van der Waals surface area contributed by atoms with Gasteiger partial charge in [-0.2, -0.15) is 0 Å². The Morgan fingerprint density at radius 2 is 0.976 bits per heavy atom. The lowest BCUT2D eigenvalue weighted by Crippen LogP contribution is -2.35. The van der Waals surface area contributed by atoms with Crippen LogP contribution < -0.4 is 9.47 Å². The van der Waals surface area contributed by atoms with E-state index in [2.05, 4.69) is 13.2 Å². The van der Waals surface area contributed by atoms with E-state index in [0.29, 0.717) is 22.6 Å². The highest BCUT2D eigenvalue weighted by molar-refractivity contribution is 6.11. The zero-order valence-corrected chi connectivity index (χ0v) is 23.4. The Balaban J connectivity index is 1.73. The van der Waals surface area contributed by atoms with Gasteiger partial charge >= 0.3 is 23.9 Å². The van der Waals surface area contributed by atoms with Crippen molar-refractivity contribution in [2.24, 2.45) is 0 Å².